The molecule has 2 N–H and O–H groups in total. The fourth-order valence-electron chi connectivity index (χ4n) is 4.30. The summed E-state index contributed by atoms with van der Waals surface area (Å²) in [7, 11) is 0. The predicted molar refractivity (Wildman–Crippen MR) is 87.3 cm³/mol. The maximum Gasteiger partial charge on any atom is 0.0776 e. The van der Waals surface area contributed by atoms with Crippen molar-refractivity contribution >= 4 is 0 Å². The summed E-state index contributed by atoms with van der Waals surface area (Å²) < 4.78 is 12.2. The van der Waals surface area contributed by atoms with E-state index in [1.807, 2.05) is 0 Å². The second kappa shape index (κ2) is 6.97. The van der Waals surface area contributed by atoms with Crippen molar-refractivity contribution in [2.24, 2.45) is 17.1 Å². The first-order chi connectivity index (χ1) is 9.88. The van der Waals surface area contributed by atoms with Gasteiger partial charge in [0.1, 0.15) is 0 Å². The number of hydrogen-bond acceptors (Lipinski definition) is 3. The Balaban J connectivity index is 2.04. The molecular weight excluding hydrogens is 262 g/mol. The van der Waals surface area contributed by atoms with E-state index in [4.69, 9.17) is 15.2 Å². The summed E-state index contributed by atoms with van der Waals surface area (Å²) in [5.41, 5.74) is 6.90. The van der Waals surface area contributed by atoms with Crippen molar-refractivity contribution in [2.45, 2.75) is 90.4 Å². The molecule has 3 heteroatoms. The molecule has 3 unspecified atom stereocenters. The molecular formula is C18H35NO2. The third-order valence-corrected chi connectivity index (χ3v) is 5.39. The lowest BCUT2D eigenvalue weighted by atomic mass is 9.71. The zero-order valence-electron chi connectivity index (χ0n) is 14.5. The van der Waals surface area contributed by atoms with Crippen LogP contribution in [0.25, 0.3) is 0 Å². The Bertz CT molecular complexity index is 312. The molecule has 2 aliphatic rings. The first kappa shape index (κ1) is 17.2. The summed E-state index contributed by atoms with van der Waals surface area (Å²) >= 11 is 0. The fraction of sp³-hybridized carbons (Fsp3) is 1.00. The molecule has 1 saturated heterocycles. The third-order valence-electron chi connectivity index (χ3n) is 5.39. The average molecular weight is 297 g/mol. The second-order valence-electron chi connectivity index (χ2n) is 8.16. The lowest BCUT2D eigenvalue weighted by Crippen LogP contribution is -2.54. The van der Waals surface area contributed by atoms with Crippen molar-refractivity contribution in [1.29, 1.82) is 0 Å². The highest BCUT2D eigenvalue weighted by atomic mass is 16.5. The Hall–Kier alpha value is -0.120. The van der Waals surface area contributed by atoms with Crippen molar-refractivity contribution in [3.8, 4) is 0 Å². The molecule has 2 fully saturated rings. The minimum absolute atomic E-state index is 0.0907. The van der Waals surface area contributed by atoms with Gasteiger partial charge < -0.3 is 15.2 Å². The molecule has 0 radical (unpaired) electrons. The normalized spacial score (nSPS) is 29.3. The Morgan fingerprint density at radius 3 is 2.48 bits per heavy atom. The molecule has 0 aromatic heterocycles. The van der Waals surface area contributed by atoms with Crippen molar-refractivity contribution < 1.29 is 9.47 Å². The molecule has 1 heterocycles. The minimum Gasteiger partial charge on any atom is -0.376 e. The van der Waals surface area contributed by atoms with E-state index in [0.717, 1.165) is 26.1 Å². The van der Waals surface area contributed by atoms with Crippen LogP contribution in [0.2, 0.25) is 0 Å². The molecule has 1 spiro atoms. The molecule has 2 rings (SSSR count). The average Bonchev–Trinajstić information content (AvgIpc) is 2.44. The summed E-state index contributed by atoms with van der Waals surface area (Å²) in [5.74, 6) is 0.535. The minimum atomic E-state index is 0.0907. The predicted octanol–water partition coefficient (Wildman–Crippen LogP) is 3.89. The third kappa shape index (κ3) is 4.20. The van der Waals surface area contributed by atoms with Gasteiger partial charge in [0.2, 0.25) is 0 Å². The van der Waals surface area contributed by atoms with Gasteiger partial charge in [0.05, 0.1) is 11.7 Å². The van der Waals surface area contributed by atoms with Crippen molar-refractivity contribution in [1.82, 2.24) is 0 Å². The van der Waals surface area contributed by atoms with E-state index in [9.17, 15) is 0 Å². The van der Waals surface area contributed by atoms with Crippen LogP contribution in [0.5, 0.6) is 0 Å². The van der Waals surface area contributed by atoms with Crippen LogP contribution >= 0.6 is 0 Å². The van der Waals surface area contributed by atoms with E-state index in [-0.39, 0.29) is 23.2 Å². The van der Waals surface area contributed by atoms with Crippen LogP contribution in [0.15, 0.2) is 0 Å². The van der Waals surface area contributed by atoms with Crippen LogP contribution in [-0.2, 0) is 9.47 Å². The van der Waals surface area contributed by atoms with Crippen molar-refractivity contribution in [3.63, 3.8) is 0 Å². The fourth-order valence-corrected chi connectivity index (χ4v) is 4.30. The standard InChI is InChI=1S/C18H35NO2/c1-5-20-16(17(2,3)4)15(19)14-9-12-21-18(13-14)10-7-6-8-11-18/h14-16H,5-13,19H2,1-4H3. The Morgan fingerprint density at radius 1 is 1.24 bits per heavy atom. The molecule has 3 nitrogen and oxygen atoms in total. The van der Waals surface area contributed by atoms with Gasteiger partial charge in [-0.1, -0.05) is 40.0 Å². The maximum absolute atomic E-state index is 6.67. The lowest BCUT2D eigenvalue weighted by molar-refractivity contribution is -0.133. The van der Waals surface area contributed by atoms with Gasteiger partial charge in [-0.25, -0.2) is 0 Å². The summed E-state index contributed by atoms with van der Waals surface area (Å²) in [6, 6.07) is 0.118. The Kier molecular flexibility index (Phi) is 5.72. The van der Waals surface area contributed by atoms with Crippen LogP contribution in [0, 0.1) is 11.3 Å². The summed E-state index contributed by atoms with van der Waals surface area (Å²) in [6.07, 6.45) is 8.80. The first-order valence-electron chi connectivity index (χ1n) is 8.89. The van der Waals surface area contributed by atoms with Crippen LogP contribution in [-0.4, -0.2) is 31.0 Å². The topological polar surface area (TPSA) is 44.5 Å². The van der Waals surface area contributed by atoms with Gasteiger partial charge in [-0.3, -0.25) is 0 Å². The molecule has 0 bridgehead atoms. The quantitative estimate of drug-likeness (QED) is 0.856. The lowest BCUT2D eigenvalue weighted by Gasteiger charge is -2.47. The van der Waals surface area contributed by atoms with Gasteiger partial charge in [-0.05, 0) is 43.9 Å². The van der Waals surface area contributed by atoms with E-state index in [0.29, 0.717) is 5.92 Å². The van der Waals surface area contributed by atoms with E-state index in [2.05, 4.69) is 27.7 Å². The zero-order valence-corrected chi connectivity index (χ0v) is 14.5. The van der Waals surface area contributed by atoms with Gasteiger partial charge in [-0.15, -0.1) is 0 Å². The molecule has 3 atom stereocenters. The highest BCUT2D eigenvalue weighted by molar-refractivity contribution is 4.96. The summed E-state index contributed by atoms with van der Waals surface area (Å²) in [5, 5.41) is 0. The van der Waals surface area contributed by atoms with Gasteiger partial charge in [0, 0.05) is 19.3 Å². The van der Waals surface area contributed by atoms with Crippen molar-refractivity contribution in [3.05, 3.63) is 0 Å². The van der Waals surface area contributed by atoms with E-state index in [1.165, 1.54) is 32.1 Å². The largest absolute Gasteiger partial charge is 0.376 e. The van der Waals surface area contributed by atoms with E-state index < -0.39 is 0 Å². The van der Waals surface area contributed by atoms with Crippen LogP contribution in [0.4, 0.5) is 0 Å². The molecule has 21 heavy (non-hydrogen) atoms. The summed E-state index contributed by atoms with van der Waals surface area (Å²) in [6.45, 7) is 10.4. The zero-order chi connectivity index (χ0) is 15.5. The van der Waals surface area contributed by atoms with E-state index in [1.54, 1.807) is 0 Å². The highest BCUT2D eigenvalue weighted by Gasteiger charge is 2.43. The molecule has 1 saturated carbocycles. The van der Waals surface area contributed by atoms with Crippen LogP contribution in [0.1, 0.15) is 72.6 Å². The van der Waals surface area contributed by atoms with Crippen LogP contribution in [0.3, 0.4) is 0 Å². The first-order valence-corrected chi connectivity index (χ1v) is 8.89. The Labute approximate surface area is 130 Å². The monoisotopic (exact) mass is 297 g/mol. The van der Waals surface area contributed by atoms with Gasteiger partial charge in [-0.2, -0.15) is 0 Å². The molecule has 0 aromatic carbocycles. The van der Waals surface area contributed by atoms with E-state index >= 15 is 0 Å². The van der Waals surface area contributed by atoms with Crippen LogP contribution < -0.4 is 5.73 Å². The second-order valence-corrected chi connectivity index (χ2v) is 8.16. The SMILES string of the molecule is CCOC(C(N)C1CCOC2(CCCCC2)C1)C(C)(C)C. The van der Waals surface area contributed by atoms with Gasteiger partial charge in [0.25, 0.3) is 0 Å². The Morgan fingerprint density at radius 2 is 1.90 bits per heavy atom. The number of hydrogen-bond donors (Lipinski definition) is 1. The smallest absolute Gasteiger partial charge is 0.0776 e. The molecule has 0 amide bonds. The number of ether oxygens (including phenoxy) is 2. The van der Waals surface area contributed by atoms with Gasteiger partial charge in [0.15, 0.2) is 0 Å². The number of rotatable bonds is 4. The van der Waals surface area contributed by atoms with Gasteiger partial charge >= 0.3 is 0 Å². The highest BCUT2D eigenvalue weighted by Crippen LogP contribution is 2.42. The summed E-state index contributed by atoms with van der Waals surface area (Å²) in [4.78, 5) is 0. The molecule has 124 valence electrons. The molecule has 0 aromatic rings. The molecule has 1 aliphatic heterocycles. The molecule has 1 aliphatic carbocycles. The number of nitrogens with two attached hydrogens (primary N) is 1. The van der Waals surface area contributed by atoms with Crippen molar-refractivity contribution in [2.75, 3.05) is 13.2 Å². The maximum atomic E-state index is 6.67.